The maximum absolute atomic E-state index is 2.26. The van der Waals surface area contributed by atoms with Crippen LogP contribution in [-0.4, -0.2) is 0 Å². The normalized spacial score (nSPS) is 13.5. The molecule has 1 unspecified atom stereocenters. The SMILES string of the molecule is C/C=C\CC(C)c1ccccc1. The molecule has 0 heterocycles. The van der Waals surface area contributed by atoms with Gasteiger partial charge in [-0.3, -0.25) is 0 Å². The molecule has 0 N–H and O–H groups in total. The van der Waals surface area contributed by atoms with E-state index in [0.717, 1.165) is 6.42 Å². The van der Waals surface area contributed by atoms with E-state index in [-0.39, 0.29) is 0 Å². The van der Waals surface area contributed by atoms with Crippen molar-refractivity contribution in [2.24, 2.45) is 0 Å². The predicted octanol–water partition coefficient (Wildman–Crippen LogP) is 3.76. The smallest absolute Gasteiger partial charge is 0.0156 e. The molecule has 0 nitrogen and oxygen atoms in total. The van der Waals surface area contributed by atoms with Crippen molar-refractivity contribution in [1.29, 1.82) is 0 Å². The Balaban J connectivity index is 2.59. The fourth-order valence-corrected chi connectivity index (χ4v) is 1.26. The van der Waals surface area contributed by atoms with Crippen molar-refractivity contribution in [3.63, 3.8) is 0 Å². The largest absolute Gasteiger partial charge is 0.0916 e. The molecule has 0 heteroatoms. The van der Waals surface area contributed by atoms with Gasteiger partial charge in [0.25, 0.3) is 0 Å². The highest BCUT2D eigenvalue weighted by atomic mass is 14.1. The lowest BCUT2D eigenvalue weighted by Crippen LogP contribution is -1.89. The molecule has 0 aromatic heterocycles. The molecule has 1 aromatic carbocycles. The molecule has 0 aliphatic carbocycles. The maximum Gasteiger partial charge on any atom is -0.0156 e. The quantitative estimate of drug-likeness (QED) is 0.591. The lowest BCUT2D eigenvalue weighted by atomic mass is 9.98. The molecule has 0 saturated heterocycles. The van der Waals surface area contributed by atoms with Crippen molar-refractivity contribution in [1.82, 2.24) is 0 Å². The van der Waals surface area contributed by atoms with Crippen LogP contribution in [0.25, 0.3) is 0 Å². The zero-order valence-electron chi connectivity index (χ0n) is 7.83. The molecule has 0 bridgehead atoms. The minimum absolute atomic E-state index is 0.641. The predicted molar refractivity (Wildman–Crippen MR) is 54.3 cm³/mol. The van der Waals surface area contributed by atoms with Crippen LogP contribution in [0.2, 0.25) is 0 Å². The molecule has 0 spiro atoms. The van der Waals surface area contributed by atoms with Crippen LogP contribution in [-0.2, 0) is 0 Å². The second-order valence-corrected chi connectivity index (χ2v) is 3.12. The standard InChI is InChI=1S/C12H16/c1-3-4-8-11(2)12-9-6-5-7-10-12/h3-7,9-11H,8H2,1-2H3/b4-3-. The molecule has 1 atom stereocenters. The second-order valence-electron chi connectivity index (χ2n) is 3.12. The number of rotatable bonds is 3. The molecule has 0 amide bonds. The Bertz CT molecular complexity index is 233. The van der Waals surface area contributed by atoms with Crippen molar-refractivity contribution in [2.75, 3.05) is 0 Å². The summed E-state index contributed by atoms with van der Waals surface area (Å²) in [5, 5.41) is 0. The van der Waals surface area contributed by atoms with Gasteiger partial charge in [-0.1, -0.05) is 49.4 Å². The average Bonchev–Trinajstić information content (AvgIpc) is 2.15. The van der Waals surface area contributed by atoms with Crippen LogP contribution in [0.5, 0.6) is 0 Å². The molecule has 0 saturated carbocycles. The van der Waals surface area contributed by atoms with Crippen LogP contribution >= 0.6 is 0 Å². The van der Waals surface area contributed by atoms with Crippen LogP contribution in [0.15, 0.2) is 42.5 Å². The van der Waals surface area contributed by atoms with Crippen LogP contribution in [0.3, 0.4) is 0 Å². The van der Waals surface area contributed by atoms with E-state index in [1.165, 1.54) is 5.56 Å². The van der Waals surface area contributed by atoms with Gasteiger partial charge in [-0.2, -0.15) is 0 Å². The monoisotopic (exact) mass is 160 g/mol. The van der Waals surface area contributed by atoms with Gasteiger partial charge in [0.05, 0.1) is 0 Å². The average molecular weight is 160 g/mol. The van der Waals surface area contributed by atoms with E-state index < -0.39 is 0 Å². The summed E-state index contributed by atoms with van der Waals surface area (Å²) in [6.07, 6.45) is 5.47. The number of allylic oxidation sites excluding steroid dienone is 2. The Labute approximate surface area is 74.9 Å². The first-order chi connectivity index (χ1) is 5.84. The van der Waals surface area contributed by atoms with E-state index in [0.29, 0.717) is 5.92 Å². The van der Waals surface area contributed by atoms with E-state index >= 15 is 0 Å². The summed E-state index contributed by atoms with van der Waals surface area (Å²) in [7, 11) is 0. The Kier molecular flexibility index (Phi) is 3.59. The number of benzene rings is 1. The van der Waals surface area contributed by atoms with Gasteiger partial charge in [0.15, 0.2) is 0 Å². The fourth-order valence-electron chi connectivity index (χ4n) is 1.26. The molecular weight excluding hydrogens is 144 g/mol. The number of hydrogen-bond donors (Lipinski definition) is 0. The fraction of sp³-hybridized carbons (Fsp3) is 0.333. The van der Waals surface area contributed by atoms with Gasteiger partial charge in [-0.05, 0) is 24.8 Å². The number of hydrogen-bond acceptors (Lipinski definition) is 0. The van der Waals surface area contributed by atoms with Gasteiger partial charge in [0.2, 0.25) is 0 Å². The third kappa shape index (κ3) is 2.54. The van der Waals surface area contributed by atoms with Crippen molar-refractivity contribution in [2.45, 2.75) is 26.2 Å². The van der Waals surface area contributed by atoms with Crippen LogP contribution in [0.1, 0.15) is 31.7 Å². The molecule has 1 aromatic rings. The van der Waals surface area contributed by atoms with Gasteiger partial charge in [-0.15, -0.1) is 0 Å². The third-order valence-corrected chi connectivity index (χ3v) is 2.09. The van der Waals surface area contributed by atoms with Gasteiger partial charge in [0.1, 0.15) is 0 Å². The van der Waals surface area contributed by atoms with E-state index in [9.17, 15) is 0 Å². The summed E-state index contributed by atoms with van der Waals surface area (Å²) in [4.78, 5) is 0. The highest BCUT2D eigenvalue weighted by Crippen LogP contribution is 2.18. The van der Waals surface area contributed by atoms with Crippen molar-refractivity contribution < 1.29 is 0 Å². The summed E-state index contributed by atoms with van der Waals surface area (Å²) in [5.41, 5.74) is 1.43. The zero-order chi connectivity index (χ0) is 8.81. The van der Waals surface area contributed by atoms with E-state index in [4.69, 9.17) is 0 Å². The maximum atomic E-state index is 2.26. The van der Waals surface area contributed by atoms with Crippen LogP contribution < -0.4 is 0 Å². The molecule has 0 fully saturated rings. The van der Waals surface area contributed by atoms with Gasteiger partial charge in [0, 0.05) is 0 Å². The Morgan fingerprint density at radius 2 is 1.92 bits per heavy atom. The molecule has 0 radical (unpaired) electrons. The molecular formula is C12H16. The molecule has 0 aliphatic heterocycles. The first-order valence-electron chi connectivity index (χ1n) is 4.50. The molecule has 64 valence electrons. The van der Waals surface area contributed by atoms with Crippen molar-refractivity contribution in [3.8, 4) is 0 Å². The minimum atomic E-state index is 0.641. The summed E-state index contributed by atoms with van der Waals surface area (Å²) in [5.74, 6) is 0.641. The summed E-state index contributed by atoms with van der Waals surface area (Å²) in [6, 6.07) is 10.6. The Hall–Kier alpha value is -1.04. The minimum Gasteiger partial charge on any atom is -0.0916 e. The van der Waals surface area contributed by atoms with Crippen molar-refractivity contribution >= 4 is 0 Å². The zero-order valence-corrected chi connectivity index (χ0v) is 7.83. The second kappa shape index (κ2) is 4.76. The van der Waals surface area contributed by atoms with E-state index in [2.05, 4.69) is 56.3 Å². The Morgan fingerprint density at radius 1 is 1.25 bits per heavy atom. The first-order valence-corrected chi connectivity index (χ1v) is 4.50. The van der Waals surface area contributed by atoms with Gasteiger partial charge in [-0.25, -0.2) is 0 Å². The van der Waals surface area contributed by atoms with E-state index in [1.807, 2.05) is 0 Å². The lowest BCUT2D eigenvalue weighted by molar-refractivity contribution is 0.780. The van der Waals surface area contributed by atoms with Crippen LogP contribution in [0.4, 0.5) is 0 Å². The molecule has 0 aliphatic rings. The lowest BCUT2D eigenvalue weighted by Gasteiger charge is -2.07. The molecule has 1 rings (SSSR count). The van der Waals surface area contributed by atoms with Gasteiger partial charge >= 0.3 is 0 Å². The highest BCUT2D eigenvalue weighted by Gasteiger charge is 2.00. The molecule has 12 heavy (non-hydrogen) atoms. The third-order valence-electron chi connectivity index (χ3n) is 2.09. The summed E-state index contributed by atoms with van der Waals surface area (Å²) >= 11 is 0. The topological polar surface area (TPSA) is 0 Å². The Morgan fingerprint density at radius 3 is 2.50 bits per heavy atom. The van der Waals surface area contributed by atoms with Crippen molar-refractivity contribution in [3.05, 3.63) is 48.0 Å². The van der Waals surface area contributed by atoms with Crippen LogP contribution in [0, 0.1) is 0 Å². The highest BCUT2D eigenvalue weighted by molar-refractivity contribution is 5.19. The summed E-state index contributed by atoms with van der Waals surface area (Å²) < 4.78 is 0. The van der Waals surface area contributed by atoms with E-state index in [1.54, 1.807) is 0 Å². The first kappa shape index (κ1) is 9.05. The summed E-state index contributed by atoms with van der Waals surface area (Å²) in [6.45, 7) is 4.33. The van der Waals surface area contributed by atoms with Gasteiger partial charge < -0.3 is 0 Å².